The van der Waals surface area contributed by atoms with Gasteiger partial charge in [-0.1, -0.05) is 31.2 Å². The third-order valence-corrected chi connectivity index (χ3v) is 8.22. The Labute approximate surface area is 183 Å². The molecular formula is C24H29FN2O3S. The molecule has 3 aliphatic rings. The molecule has 2 fully saturated rings. The number of hydrogen-bond acceptors (Lipinski definition) is 4. The zero-order chi connectivity index (χ0) is 22.0. The molecule has 1 saturated carbocycles. The Morgan fingerprint density at radius 1 is 1.13 bits per heavy atom. The summed E-state index contributed by atoms with van der Waals surface area (Å²) in [6, 6.07) is 12.8. The molecule has 31 heavy (non-hydrogen) atoms. The number of halogens is 1. The van der Waals surface area contributed by atoms with Gasteiger partial charge in [0, 0.05) is 37.9 Å². The monoisotopic (exact) mass is 444 g/mol. The van der Waals surface area contributed by atoms with Gasteiger partial charge in [-0.2, -0.15) is 0 Å². The van der Waals surface area contributed by atoms with Crippen molar-refractivity contribution in [1.29, 1.82) is 0 Å². The first-order chi connectivity index (χ1) is 14.6. The Morgan fingerprint density at radius 2 is 1.74 bits per heavy atom. The van der Waals surface area contributed by atoms with E-state index in [0.717, 1.165) is 31.3 Å². The number of β-amino-alcohol motifs (C(OH)–C–C–N with tert-alkyl or cyclic N) is 1. The summed E-state index contributed by atoms with van der Waals surface area (Å²) in [7, 11) is -3.47. The first kappa shape index (κ1) is 20.9. The summed E-state index contributed by atoms with van der Waals surface area (Å²) in [5, 5.41) is 11.2. The van der Waals surface area contributed by atoms with Gasteiger partial charge in [0.15, 0.2) is 0 Å². The summed E-state index contributed by atoms with van der Waals surface area (Å²) in [6.07, 6.45) is 3.34. The minimum atomic E-state index is -3.47. The van der Waals surface area contributed by atoms with Crippen molar-refractivity contribution >= 4 is 15.7 Å². The van der Waals surface area contributed by atoms with Crippen molar-refractivity contribution in [2.45, 2.75) is 37.2 Å². The van der Waals surface area contributed by atoms with Gasteiger partial charge in [0.1, 0.15) is 5.82 Å². The van der Waals surface area contributed by atoms with Crippen LogP contribution >= 0.6 is 0 Å². The molecule has 5 nitrogen and oxygen atoms in total. The number of rotatable bonds is 6. The van der Waals surface area contributed by atoms with Crippen LogP contribution in [0.5, 0.6) is 0 Å². The van der Waals surface area contributed by atoms with Gasteiger partial charge in [0.25, 0.3) is 0 Å². The van der Waals surface area contributed by atoms with Gasteiger partial charge in [0.05, 0.1) is 17.5 Å². The number of nitrogens with one attached hydrogen (secondary N) is 1. The lowest BCUT2D eigenvalue weighted by Gasteiger charge is -2.32. The highest BCUT2D eigenvalue weighted by Crippen LogP contribution is 2.65. The average molecular weight is 445 g/mol. The zero-order valence-corrected chi connectivity index (χ0v) is 18.8. The number of fused-ring (bicyclic) bond motifs is 2. The molecule has 1 saturated heterocycles. The quantitative estimate of drug-likeness (QED) is 0.719. The SMILES string of the molecule is CCC1(c2cc(F)cc(NS(C)(=O)=O)c2)C2CN(CC3(O)Cc4ccccc4C3)CC21. The summed E-state index contributed by atoms with van der Waals surface area (Å²) in [5.41, 5.74) is 2.80. The standard InChI is InChI=1S/C24H29FN2O3S/c1-3-24(18-8-19(25)10-20(9-18)26-31(2,29)30)21-13-27(14-22(21)24)15-23(28)11-16-6-4-5-7-17(16)12-23/h4-10,21-22,26,28H,3,11-15H2,1-2H3. The molecule has 2 aliphatic carbocycles. The van der Waals surface area contributed by atoms with Crippen molar-refractivity contribution in [3.8, 4) is 0 Å². The predicted molar refractivity (Wildman–Crippen MR) is 119 cm³/mol. The van der Waals surface area contributed by atoms with Crippen LogP contribution in [0.2, 0.25) is 0 Å². The van der Waals surface area contributed by atoms with Crippen LogP contribution in [0.25, 0.3) is 0 Å². The molecule has 0 amide bonds. The number of hydrogen-bond donors (Lipinski definition) is 2. The minimum Gasteiger partial charge on any atom is -0.388 e. The van der Waals surface area contributed by atoms with Gasteiger partial charge in [-0.05, 0) is 53.1 Å². The van der Waals surface area contributed by atoms with Crippen LogP contribution in [0.3, 0.4) is 0 Å². The van der Waals surface area contributed by atoms with E-state index in [1.807, 2.05) is 12.1 Å². The van der Waals surface area contributed by atoms with Crippen molar-refractivity contribution in [3.63, 3.8) is 0 Å². The average Bonchev–Trinajstić information content (AvgIpc) is 2.94. The number of likely N-dealkylation sites (tertiary alicyclic amines) is 1. The van der Waals surface area contributed by atoms with E-state index in [2.05, 4.69) is 28.7 Å². The summed E-state index contributed by atoms with van der Waals surface area (Å²) in [5.74, 6) is 0.381. The van der Waals surface area contributed by atoms with Crippen molar-refractivity contribution in [2.24, 2.45) is 11.8 Å². The van der Waals surface area contributed by atoms with Gasteiger partial charge < -0.3 is 5.11 Å². The van der Waals surface area contributed by atoms with E-state index >= 15 is 0 Å². The Kier molecular flexibility index (Phi) is 4.74. The molecule has 0 radical (unpaired) electrons. The third kappa shape index (κ3) is 3.66. The maximum atomic E-state index is 14.3. The largest absolute Gasteiger partial charge is 0.388 e. The van der Waals surface area contributed by atoms with Crippen LogP contribution < -0.4 is 4.72 Å². The van der Waals surface area contributed by atoms with E-state index in [0.29, 0.717) is 31.2 Å². The fourth-order valence-electron chi connectivity index (χ4n) is 6.43. The Bertz CT molecular complexity index is 1100. The second-order valence-electron chi connectivity index (χ2n) is 9.75. The maximum absolute atomic E-state index is 14.3. The van der Waals surface area contributed by atoms with Gasteiger partial charge in [-0.15, -0.1) is 0 Å². The summed E-state index contributed by atoms with van der Waals surface area (Å²) in [4.78, 5) is 2.35. The number of benzene rings is 2. The fraction of sp³-hybridized carbons (Fsp3) is 0.500. The smallest absolute Gasteiger partial charge is 0.229 e. The lowest BCUT2D eigenvalue weighted by Crippen LogP contribution is -2.45. The molecule has 0 bridgehead atoms. The normalized spacial score (nSPS) is 28.9. The van der Waals surface area contributed by atoms with Crippen LogP contribution in [0, 0.1) is 17.7 Å². The molecule has 2 N–H and O–H groups in total. The Hall–Kier alpha value is -1.96. The molecule has 0 spiro atoms. The topological polar surface area (TPSA) is 69.6 Å². The highest BCUT2D eigenvalue weighted by atomic mass is 32.2. The van der Waals surface area contributed by atoms with Crippen LogP contribution in [0.15, 0.2) is 42.5 Å². The van der Waals surface area contributed by atoms with Gasteiger partial charge in [-0.25, -0.2) is 12.8 Å². The predicted octanol–water partition coefficient (Wildman–Crippen LogP) is 2.94. The first-order valence-corrected chi connectivity index (χ1v) is 12.8. The van der Waals surface area contributed by atoms with Crippen LogP contribution in [-0.2, 0) is 28.3 Å². The molecule has 2 aromatic carbocycles. The lowest BCUT2D eigenvalue weighted by molar-refractivity contribution is 0.0139. The van der Waals surface area contributed by atoms with E-state index in [9.17, 15) is 17.9 Å². The molecule has 5 rings (SSSR count). The highest BCUT2D eigenvalue weighted by molar-refractivity contribution is 7.92. The molecule has 7 heteroatoms. The summed E-state index contributed by atoms with van der Waals surface area (Å²) >= 11 is 0. The van der Waals surface area contributed by atoms with E-state index in [1.54, 1.807) is 12.1 Å². The van der Waals surface area contributed by atoms with Crippen molar-refractivity contribution < 1.29 is 17.9 Å². The van der Waals surface area contributed by atoms with Gasteiger partial charge in [-0.3, -0.25) is 9.62 Å². The van der Waals surface area contributed by atoms with E-state index in [1.165, 1.54) is 17.2 Å². The Balaban J connectivity index is 1.30. The number of piperidine rings is 1. The Morgan fingerprint density at radius 3 is 2.29 bits per heavy atom. The number of nitrogens with zero attached hydrogens (tertiary/aromatic N) is 1. The molecular weight excluding hydrogens is 415 g/mol. The minimum absolute atomic E-state index is 0.117. The van der Waals surface area contributed by atoms with Crippen molar-refractivity contribution in [3.05, 3.63) is 65.0 Å². The molecule has 1 heterocycles. The van der Waals surface area contributed by atoms with Gasteiger partial charge in [0.2, 0.25) is 10.0 Å². The second kappa shape index (κ2) is 7.02. The first-order valence-electron chi connectivity index (χ1n) is 10.9. The van der Waals surface area contributed by atoms with E-state index < -0.39 is 21.4 Å². The molecule has 1 aliphatic heterocycles. The number of anilines is 1. The zero-order valence-electron chi connectivity index (χ0n) is 17.9. The molecule has 2 aromatic rings. The second-order valence-corrected chi connectivity index (χ2v) is 11.5. The van der Waals surface area contributed by atoms with Gasteiger partial charge >= 0.3 is 0 Å². The summed E-state index contributed by atoms with van der Waals surface area (Å²) < 4.78 is 40.0. The molecule has 2 atom stereocenters. The maximum Gasteiger partial charge on any atom is 0.229 e. The molecule has 0 aromatic heterocycles. The van der Waals surface area contributed by atoms with Crippen LogP contribution in [0.4, 0.5) is 10.1 Å². The fourth-order valence-corrected chi connectivity index (χ4v) is 6.98. The van der Waals surface area contributed by atoms with Crippen molar-refractivity contribution in [2.75, 3.05) is 30.6 Å². The molecule has 2 unspecified atom stereocenters. The van der Waals surface area contributed by atoms with Crippen LogP contribution in [0.1, 0.15) is 30.0 Å². The van der Waals surface area contributed by atoms with E-state index in [-0.39, 0.29) is 11.1 Å². The summed E-state index contributed by atoms with van der Waals surface area (Å²) in [6.45, 7) is 4.53. The molecule has 166 valence electrons. The number of aliphatic hydroxyl groups is 1. The van der Waals surface area contributed by atoms with Crippen molar-refractivity contribution in [1.82, 2.24) is 4.90 Å². The third-order valence-electron chi connectivity index (χ3n) is 7.61. The van der Waals surface area contributed by atoms with Crippen LogP contribution in [-0.4, -0.2) is 49.9 Å². The highest BCUT2D eigenvalue weighted by Gasteiger charge is 2.67. The lowest BCUT2D eigenvalue weighted by atomic mass is 9.87. The van der Waals surface area contributed by atoms with E-state index in [4.69, 9.17) is 0 Å². The number of sulfonamides is 1.